The summed E-state index contributed by atoms with van der Waals surface area (Å²) in [5.41, 5.74) is 3.13. The van der Waals surface area contributed by atoms with Crippen LogP contribution in [0.15, 0.2) is 36.7 Å². The van der Waals surface area contributed by atoms with E-state index in [0.717, 1.165) is 41.8 Å². The van der Waals surface area contributed by atoms with Gasteiger partial charge in [-0.1, -0.05) is 12.5 Å². The van der Waals surface area contributed by atoms with Crippen molar-refractivity contribution in [2.24, 2.45) is 0 Å². The molecule has 1 fully saturated rings. The highest BCUT2D eigenvalue weighted by Crippen LogP contribution is 2.40. The van der Waals surface area contributed by atoms with Crippen molar-refractivity contribution in [2.45, 2.75) is 38.3 Å². The standard InChI is InChI=1S/C20H22N2O4/c1-13-11-21-8-7-15(13)19(22-9-3-2-4-16(22)20(23)24)14-5-6-17-18(10-14)26-12-25-17/h5-8,10-11,16,19H,2-4,9,12H2,1H3,(H,23,24). The molecule has 26 heavy (non-hydrogen) atoms. The second kappa shape index (κ2) is 6.96. The molecule has 2 unspecified atom stereocenters. The van der Waals surface area contributed by atoms with E-state index in [1.807, 2.05) is 37.4 Å². The van der Waals surface area contributed by atoms with Crippen LogP contribution in [0.2, 0.25) is 0 Å². The molecular weight excluding hydrogens is 332 g/mol. The lowest BCUT2D eigenvalue weighted by molar-refractivity contribution is -0.145. The molecule has 0 aliphatic carbocycles. The maximum absolute atomic E-state index is 11.9. The van der Waals surface area contributed by atoms with Gasteiger partial charge in [0.05, 0.1) is 6.04 Å². The third-order valence-electron chi connectivity index (χ3n) is 5.23. The van der Waals surface area contributed by atoms with Gasteiger partial charge in [0.25, 0.3) is 0 Å². The van der Waals surface area contributed by atoms with Crippen molar-refractivity contribution in [2.75, 3.05) is 13.3 Å². The molecular formula is C20H22N2O4. The largest absolute Gasteiger partial charge is 0.480 e. The maximum Gasteiger partial charge on any atom is 0.320 e. The number of hydrogen-bond donors (Lipinski definition) is 1. The highest BCUT2D eigenvalue weighted by molar-refractivity contribution is 5.73. The van der Waals surface area contributed by atoms with Gasteiger partial charge in [-0.3, -0.25) is 14.7 Å². The topological polar surface area (TPSA) is 71.9 Å². The van der Waals surface area contributed by atoms with Gasteiger partial charge in [0.1, 0.15) is 6.04 Å². The average Bonchev–Trinajstić information content (AvgIpc) is 3.12. The van der Waals surface area contributed by atoms with Crippen LogP contribution in [-0.4, -0.2) is 40.3 Å². The minimum atomic E-state index is -0.762. The Labute approximate surface area is 152 Å². The van der Waals surface area contributed by atoms with Crippen molar-refractivity contribution >= 4 is 5.97 Å². The van der Waals surface area contributed by atoms with Crippen molar-refractivity contribution < 1.29 is 19.4 Å². The van der Waals surface area contributed by atoms with Crippen LogP contribution in [0.25, 0.3) is 0 Å². The number of likely N-dealkylation sites (tertiary alicyclic amines) is 1. The van der Waals surface area contributed by atoms with E-state index in [2.05, 4.69) is 9.88 Å². The number of piperidine rings is 1. The van der Waals surface area contributed by atoms with Crippen molar-refractivity contribution in [3.63, 3.8) is 0 Å². The molecule has 1 aromatic heterocycles. The third kappa shape index (κ3) is 3.01. The van der Waals surface area contributed by atoms with E-state index in [1.54, 1.807) is 6.20 Å². The molecule has 0 radical (unpaired) electrons. The highest BCUT2D eigenvalue weighted by atomic mass is 16.7. The number of fused-ring (bicyclic) bond motifs is 1. The van der Waals surface area contributed by atoms with Crippen LogP contribution < -0.4 is 9.47 Å². The first-order valence-corrected chi connectivity index (χ1v) is 8.94. The number of ether oxygens (including phenoxy) is 2. The Hall–Kier alpha value is -2.60. The molecule has 3 heterocycles. The molecule has 136 valence electrons. The van der Waals surface area contributed by atoms with Crippen molar-refractivity contribution in [1.82, 2.24) is 9.88 Å². The Morgan fingerprint density at radius 1 is 1.27 bits per heavy atom. The van der Waals surface area contributed by atoms with Gasteiger partial charge in [-0.15, -0.1) is 0 Å². The minimum absolute atomic E-state index is 0.158. The van der Waals surface area contributed by atoms with E-state index < -0.39 is 12.0 Å². The SMILES string of the molecule is Cc1cnccc1C(c1ccc2c(c1)OCO2)N1CCCCC1C(=O)O. The zero-order chi connectivity index (χ0) is 18.1. The Balaban J connectivity index is 1.82. The molecule has 6 heteroatoms. The molecule has 1 N–H and O–H groups in total. The lowest BCUT2D eigenvalue weighted by Crippen LogP contribution is -2.47. The number of carboxylic acids is 1. The van der Waals surface area contributed by atoms with E-state index in [9.17, 15) is 9.90 Å². The van der Waals surface area contributed by atoms with Crippen LogP contribution in [-0.2, 0) is 4.79 Å². The summed E-state index contributed by atoms with van der Waals surface area (Å²) < 4.78 is 11.0. The van der Waals surface area contributed by atoms with E-state index >= 15 is 0 Å². The van der Waals surface area contributed by atoms with E-state index in [4.69, 9.17) is 9.47 Å². The zero-order valence-electron chi connectivity index (χ0n) is 14.7. The van der Waals surface area contributed by atoms with Gasteiger partial charge in [0.2, 0.25) is 6.79 Å². The summed E-state index contributed by atoms with van der Waals surface area (Å²) in [7, 11) is 0. The first kappa shape index (κ1) is 16.8. The Bertz CT molecular complexity index is 823. The number of benzene rings is 1. The van der Waals surface area contributed by atoms with Crippen LogP contribution >= 0.6 is 0 Å². The Kier molecular flexibility index (Phi) is 4.51. The van der Waals surface area contributed by atoms with Crippen LogP contribution in [0.3, 0.4) is 0 Å². The second-order valence-corrected chi connectivity index (χ2v) is 6.84. The lowest BCUT2D eigenvalue weighted by Gasteiger charge is -2.40. The van der Waals surface area contributed by atoms with Crippen LogP contribution in [0.4, 0.5) is 0 Å². The average molecular weight is 354 g/mol. The molecule has 0 amide bonds. The van der Waals surface area contributed by atoms with Gasteiger partial charge in [-0.05, 0) is 61.2 Å². The molecule has 6 nitrogen and oxygen atoms in total. The summed E-state index contributed by atoms with van der Waals surface area (Å²) >= 11 is 0. The summed E-state index contributed by atoms with van der Waals surface area (Å²) in [5.74, 6) is 0.678. The summed E-state index contributed by atoms with van der Waals surface area (Å²) in [6.45, 7) is 2.99. The highest BCUT2D eigenvalue weighted by Gasteiger charge is 2.36. The molecule has 2 aliphatic heterocycles. The second-order valence-electron chi connectivity index (χ2n) is 6.84. The van der Waals surface area contributed by atoms with E-state index in [-0.39, 0.29) is 12.8 Å². The molecule has 1 saturated heterocycles. The number of carboxylic acid groups (broad SMARTS) is 1. The van der Waals surface area contributed by atoms with Crippen molar-refractivity contribution in [3.8, 4) is 11.5 Å². The quantitative estimate of drug-likeness (QED) is 0.909. The number of aromatic nitrogens is 1. The molecule has 0 bridgehead atoms. The normalized spacial score (nSPS) is 20.7. The first-order valence-electron chi connectivity index (χ1n) is 8.94. The molecule has 2 aromatic rings. The number of carbonyl (C=O) groups is 1. The number of rotatable bonds is 4. The van der Waals surface area contributed by atoms with Gasteiger partial charge in [-0.25, -0.2) is 0 Å². The van der Waals surface area contributed by atoms with E-state index in [0.29, 0.717) is 12.2 Å². The third-order valence-corrected chi connectivity index (χ3v) is 5.23. The molecule has 2 atom stereocenters. The summed E-state index contributed by atoms with van der Waals surface area (Å²) in [6, 6.07) is 7.21. The van der Waals surface area contributed by atoms with Gasteiger partial charge in [-0.2, -0.15) is 0 Å². The predicted molar refractivity (Wildman–Crippen MR) is 95.4 cm³/mol. The summed E-state index contributed by atoms with van der Waals surface area (Å²) in [4.78, 5) is 18.2. The molecule has 4 rings (SSSR count). The molecule has 2 aliphatic rings. The van der Waals surface area contributed by atoms with E-state index in [1.165, 1.54) is 0 Å². The van der Waals surface area contributed by atoms with Gasteiger partial charge in [0, 0.05) is 12.4 Å². The van der Waals surface area contributed by atoms with Gasteiger partial charge >= 0.3 is 5.97 Å². The zero-order valence-corrected chi connectivity index (χ0v) is 14.7. The summed E-state index contributed by atoms with van der Waals surface area (Å²) in [5, 5.41) is 9.78. The van der Waals surface area contributed by atoms with Gasteiger partial charge in [0.15, 0.2) is 11.5 Å². The number of nitrogens with zero attached hydrogens (tertiary/aromatic N) is 2. The van der Waals surface area contributed by atoms with Crippen LogP contribution in [0, 0.1) is 6.92 Å². The molecule has 1 aromatic carbocycles. The maximum atomic E-state index is 11.9. The van der Waals surface area contributed by atoms with Crippen molar-refractivity contribution in [1.29, 1.82) is 0 Å². The first-order chi connectivity index (χ1) is 12.6. The number of aryl methyl sites for hydroxylation is 1. The van der Waals surface area contributed by atoms with Crippen LogP contribution in [0.1, 0.15) is 42.0 Å². The lowest BCUT2D eigenvalue weighted by atomic mass is 9.90. The molecule has 0 saturated carbocycles. The van der Waals surface area contributed by atoms with Crippen molar-refractivity contribution in [3.05, 3.63) is 53.3 Å². The number of hydrogen-bond acceptors (Lipinski definition) is 5. The fourth-order valence-corrected chi connectivity index (χ4v) is 3.95. The smallest absolute Gasteiger partial charge is 0.320 e. The fourth-order valence-electron chi connectivity index (χ4n) is 3.95. The molecule has 0 spiro atoms. The summed E-state index contributed by atoms with van der Waals surface area (Å²) in [6.07, 6.45) is 6.20. The predicted octanol–water partition coefficient (Wildman–Crippen LogP) is 3.15. The Morgan fingerprint density at radius 2 is 2.12 bits per heavy atom. The van der Waals surface area contributed by atoms with Crippen LogP contribution in [0.5, 0.6) is 11.5 Å². The minimum Gasteiger partial charge on any atom is -0.480 e. The number of aliphatic carboxylic acids is 1. The number of pyridine rings is 1. The van der Waals surface area contributed by atoms with Gasteiger partial charge < -0.3 is 14.6 Å². The monoisotopic (exact) mass is 354 g/mol. The fraction of sp³-hybridized carbons (Fsp3) is 0.400. The Morgan fingerprint density at radius 3 is 2.92 bits per heavy atom.